The van der Waals surface area contributed by atoms with Crippen molar-refractivity contribution >= 4 is 21.9 Å². The van der Waals surface area contributed by atoms with E-state index in [4.69, 9.17) is 18.9 Å². The molecule has 0 bridgehead atoms. The zero-order valence-electron chi connectivity index (χ0n) is 16.9. The lowest BCUT2D eigenvalue weighted by molar-refractivity contribution is -0.134. The molecule has 0 radical (unpaired) electrons. The molecule has 0 aliphatic rings. The molecule has 0 unspecified atom stereocenters. The second kappa shape index (κ2) is 10.7. The van der Waals surface area contributed by atoms with Crippen LogP contribution in [0.3, 0.4) is 0 Å². The third-order valence-corrected chi connectivity index (χ3v) is 5.19. The van der Waals surface area contributed by atoms with Crippen LogP contribution >= 0.6 is 15.9 Å². The largest absolute Gasteiger partial charge is 0.493 e. The Bertz CT molecular complexity index is 971. The summed E-state index contributed by atoms with van der Waals surface area (Å²) in [7, 11) is 3.16. The second-order valence-electron chi connectivity index (χ2n) is 6.52. The zero-order valence-corrected chi connectivity index (χ0v) is 18.5. The monoisotopic (exact) mass is 470 g/mol. The first-order valence-corrected chi connectivity index (χ1v) is 10.3. The van der Waals surface area contributed by atoms with Crippen molar-refractivity contribution in [3.63, 3.8) is 0 Å². The minimum Gasteiger partial charge on any atom is -0.493 e. The number of hydrogen-bond acceptors (Lipinski definition) is 5. The fourth-order valence-electron chi connectivity index (χ4n) is 2.85. The van der Waals surface area contributed by atoms with Crippen molar-refractivity contribution in [1.29, 1.82) is 0 Å². The molecular weight excluding hydrogens is 448 g/mol. The predicted octanol–water partition coefficient (Wildman–Crippen LogP) is 5.58. The number of rotatable bonds is 9. The number of methoxy groups -OCH3 is 2. The van der Waals surface area contributed by atoms with Crippen LogP contribution < -0.4 is 18.9 Å². The van der Waals surface area contributed by atoms with Crippen molar-refractivity contribution in [3.05, 3.63) is 82.3 Å². The van der Waals surface area contributed by atoms with Crippen molar-refractivity contribution in [3.8, 4) is 23.0 Å². The first-order chi connectivity index (χ1) is 14.6. The fraction of sp³-hybridized carbons (Fsp3) is 0.208. The van der Waals surface area contributed by atoms with Gasteiger partial charge in [-0.05, 0) is 53.9 Å². The van der Waals surface area contributed by atoms with Crippen molar-refractivity contribution in [2.45, 2.75) is 19.4 Å². The normalized spacial score (nSPS) is 10.4. The maximum absolute atomic E-state index is 12.2. The molecule has 156 valence electrons. The summed E-state index contributed by atoms with van der Waals surface area (Å²) in [4.78, 5) is 12.2. The summed E-state index contributed by atoms with van der Waals surface area (Å²) in [6.07, 6.45) is 0.748. The summed E-state index contributed by atoms with van der Waals surface area (Å²) in [5.41, 5.74) is 2.03. The number of aryl methyl sites for hydroxylation is 1. The molecule has 0 fully saturated rings. The summed E-state index contributed by atoms with van der Waals surface area (Å²) < 4.78 is 22.6. The predicted molar refractivity (Wildman–Crippen MR) is 118 cm³/mol. The highest BCUT2D eigenvalue weighted by Crippen LogP contribution is 2.34. The molecular formula is C24H23BrO5. The lowest BCUT2D eigenvalue weighted by Crippen LogP contribution is -2.09. The Labute approximate surface area is 184 Å². The van der Waals surface area contributed by atoms with E-state index in [-0.39, 0.29) is 12.4 Å². The number of benzene rings is 3. The van der Waals surface area contributed by atoms with Crippen LogP contribution in [0.25, 0.3) is 0 Å². The molecule has 3 rings (SSSR count). The van der Waals surface area contributed by atoms with Gasteiger partial charge in [0.05, 0.1) is 20.6 Å². The Kier molecular flexibility index (Phi) is 7.74. The first kappa shape index (κ1) is 21.7. The van der Waals surface area contributed by atoms with Gasteiger partial charge in [-0.1, -0.05) is 46.3 Å². The maximum Gasteiger partial charge on any atom is 0.311 e. The summed E-state index contributed by atoms with van der Waals surface area (Å²) >= 11 is 3.51. The van der Waals surface area contributed by atoms with Crippen molar-refractivity contribution < 1.29 is 23.7 Å². The molecule has 0 aromatic heterocycles. The van der Waals surface area contributed by atoms with Crippen LogP contribution in [0, 0.1) is 0 Å². The van der Waals surface area contributed by atoms with Crippen molar-refractivity contribution in [2.24, 2.45) is 0 Å². The quantitative estimate of drug-likeness (QED) is 0.301. The maximum atomic E-state index is 12.2. The molecule has 0 saturated carbocycles. The number of esters is 1. The van der Waals surface area contributed by atoms with Crippen molar-refractivity contribution in [1.82, 2.24) is 0 Å². The third-order valence-electron chi connectivity index (χ3n) is 4.45. The molecule has 0 N–H and O–H groups in total. The molecule has 3 aromatic rings. The number of halogens is 1. The van der Waals surface area contributed by atoms with Crippen LogP contribution in [0.15, 0.2) is 71.2 Å². The van der Waals surface area contributed by atoms with Gasteiger partial charge in [-0.25, -0.2) is 0 Å². The minimum absolute atomic E-state index is 0.236. The van der Waals surface area contributed by atoms with Crippen LogP contribution in [-0.2, 0) is 17.8 Å². The molecule has 0 heterocycles. The minimum atomic E-state index is -0.311. The van der Waals surface area contributed by atoms with Crippen LogP contribution in [0.4, 0.5) is 0 Å². The Hall–Kier alpha value is -2.99. The number of ether oxygens (including phenoxy) is 4. The smallest absolute Gasteiger partial charge is 0.311 e. The average Bonchev–Trinajstić information content (AvgIpc) is 2.78. The van der Waals surface area contributed by atoms with E-state index >= 15 is 0 Å². The van der Waals surface area contributed by atoms with E-state index in [1.165, 1.54) is 0 Å². The number of carbonyl (C=O) groups is 1. The van der Waals surface area contributed by atoms with Gasteiger partial charge in [-0.15, -0.1) is 0 Å². The topological polar surface area (TPSA) is 54.0 Å². The highest BCUT2D eigenvalue weighted by Gasteiger charge is 2.12. The van der Waals surface area contributed by atoms with E-state index in [0.717, 1.165) is 15.6 Å². The van der Waals surface area contributed by atoms with E-state index in [0.29, 0.717) is 36.0 Å². The molecule has 0 saturated heterocycles. The van der Waals surface area contributed by atoms with Gasteiger partial charge < -0.3 is 18.9 Å². The highest BCUT2D eigenvalue weighted by molar-refractivity contribution is 9.10. The van der Waals surface area contributed by atoms with Crippen LogP contribution in [0.2, 0.25) is 0 Å². The molecule has 6 heteroatoms. The molecule has 30 heavy (non-hydrogen) atoms. The van der Waals surface area contributed by atoms with Gasteiger partial charge in [-0.2, -0.15) is 0 Å². The molecule has 5 nitrogen and oxygen atoms in total. The SMILES string of the molecule is COc1cc(Br)c(CCC(=O)Oc2ccc(OCc3ccccc3)cc2)cc1OC. The Morgan fingerprint density at radius 1 is 0.867 bits per heavy atom. The summed E-state index contributed by atoms with van der Waals surface area (Å²) in [6, 6.07) is 20.6. The van der Waals surface area contributed by atoms with Gasteiger partial charge in [0.1, 0.15) is 18.1 Å². The number of hydrogen-bond donors (Lipinski definition) is 0. The Balaban J connectivity index is 1.51. The van der Waals surface area contributed by atoms with E-state index in [9.17, 15) is 4.79 Å². The third kappa shape index (κ3) is 6.00. The van der Waals surface area contributed by atoms with Gasteiger partial charge >= 0.3 is 5.97 Å². The Morgan fingerprint density at radius 3 is 2.17 bits per heavy atom. The van der Waals surface area contributed by atoms with Gasteiger partial charge in [0, 0.05) is 4.47 Å². The standard InChI is InChI=1S/C24H23BrO5/c1-27-22-14-18(21(25)15-23(22)28-2)8-13-24(26)30-20-11-9-19(10-12-20)29-16-17-6-4-3-5-7-17/h3-7,9-12,14-15H,8,13,16H2,1-2H3. The van der Waals surface area contributed by atoms with Gasteiger partial charge in [0.15, 0.2) is 11.5 Å². The van der Waals surface area contributed by atoms with Crippen LogP contribution in [0.5, 0.6) is 23.0 Å². The second-order valence-corrected chi connectivity index (χ2v) is 7.37. The summed E-state index contributed by atoms with van der Waals surface area (Å²) in [6.45, 7) is 0.486. The molecule has 0 atom stereocenters. The van der Waals surface area contributed by atoms with Crippen LogP contribution in [-0.4, -0.2) is 20.2 Å². The van der Waals surface area contributed by atoms with Crippen LogP contribution in [0.1, 0.15) is 17.5 Å². The fourth-order valence-corrected chi connectivity index (χ4v) is 3.37. The summed E-state index contributed by atoms with van der Waals surface area (Å²) in [5, 5.41) is 0. The lowest BCUT2D eigenvalue weighted by atomic mass is 10.1. The van der Waals surface area contributed by atoms with E-state index < -0.39 is 0 Å². The van der Waals surface area contributed by atoms with E-state index in [1.807, 2.05) is 42.5 Å². The molecule has 3 aromatic carbocycles. The van der Waals surface area contributed by atoms with Crippen molar-refractivity contribution in [2.75, 3.05) is 14.2 Å². The van der Waals surface area contributed by atoms with Gasteiger partial charge in [-0.3, -0.25) is 4.79 Å². The zero-order chi connectivity index (χ0) is 21.3. The molecule has 0 aliphatic carbocycles. The van der Waals surface area contributed by atoms with Gasteiger partial charge in [0.25, 0.3) is 0 Å². The Morgan fingerprint density at radius 2 is 1.50 bits per heavy atom. The highest BCUT2D eigenvalue weighted by atomic mass is 79.9. The van der Waals surface area contributed by atoms with E-state index in [1.54, 1.807) is 38.5 Å². The average molecular weight is 471 g/mol. The lowest BCUT2D eigenvalue weighted by Gasteiger charge is -2.12. The number of carbonyl (C=O) groups excluding carboxylic acids is 1. The first-order valence-electron chi connectivity index (χ1n) is 9.47. The molecule has 0 aliphatic heterocycles. The van der Waals surface area contributed by atoms with E-state index in [2.05, 4.69) is 15.9 Å². The summed E-state index contributed by atoms with van der Waals surface area (Å²) in [5.74, 6) is 2.14. The molecule has 0 spiro atoms. The van der Waals surface area contributed by atoms with Gasteiger partial charge in [0.2, 0.25) is 0 Å². The molecule has 0 amide bonds.